The van der Waals surface area contributed by atoms with E-state index in [1.54, 1.807) is 0 Å². The van der Waals surface area contributed by atoms with Crippen molar-refractivity contribution in [2.45, 2.75) is 12.2 Å². The molecule has 0 spiro atoms. The van der Waals surface area contributed by atoms with Gasteiger partial charge in [0, 0.05) is 29.1 Å². The Hall–Kier alpha value is -1.00. The summed E-state index contributed by atoms with van der Waals surface area (Å²) in [6, 6.07) is 9.62. The monoisotopic (exact) mass is 252 g/mol. The molecule has 1 aliphatic heterocycles. The average molecular weight is 252 g/mol. The van der Waals surface area contributed by atoms with Gasteiger partial charge in [-0.15, -0.1) is 0 Å². The minimum atomic E-state index is -1.10. The Morgan fingerprint density at radius 2 is 2.12 bits per heavy atom. The Morgan fingerprint density at radius 1 is 1.35 bits per heavy atom. The molecule has 0 bridgehead atoms. The van der Waals surface area contributed by atoms with Crippen molar-refractivity contribution in [1.82, 2.24) is 0 Å². The van der Waals surface area contributed by atoms with E-state index in [4.69, 9.17) is 4.74 Å². The zero-order chi connectivity index (χ0) is 12.1. The summed E-state index contributed by atoms with van der Waals surface area (Å²) >= 11 is 0. The minimum Gasteiger partial charge on any atom is -0.381 e. The van der Waals surface area contributed by atoms with Crippen LogP contribution >= 0.6 is 0 Å². The van der Waals surface area contributed by atoms with Gasteiger partial charge < -0.3 is 4.74 Å². The number of Topliss-reactive ketones (excluding diaryl/α,β-unsaturated/α-hetero) is 1. The van der Waals surface area contributed by atoms with Crippen LogP contribution < -0.4 is 0 Å². The fraction of sp³-hybridized carbons (Fsp3) is 0.462. The summed E-state index contributed by atoms with van der Waals surface area (Å²) in [5.41, 5.74) is 1.02. The maximum Gasteiger partial charge on any atom is 0.150 e. The molecule has 0 amide bonds. The summed E-state index contributed by atoms with van der Waals surface area (Å²) in [7, 11) is -1.10. The standard InChI is InChI=1S/C13H16O3S/c14-13(12-6-7-16-8-12)10-17(15)9-11-4-2-1-3-5-11/h1-5,12H,6-10H2. The molecule has 1 saturated heterocycles. The molecule has 2 atom stereocenters. The van der Waals surface area contributed by atoms with Crippen molar-refractivity contribution < 1.29 is 13.7 Å². The number of benzene rings is 1. The van der Waals surface area contributed by atoms with Gasteiger partial charge in [0.15, 0.2) is 5.78 Å². The lowest BCUT2D eigenvalue weighted by Crippen LogP contribution is -2.21. The number of ether oxygens (including phenoxy) is 1. The second-order valence-electron chi connectivity index (χ2n) is 4.24. The molecule has 1 fully saturated rings. The third-order valence-corrected chi connectivity index (χ3v) is 4.12. The van der Waals surface area contributed by atoms with E-state index in [0.29, 0.717) is 19.0 Å². The second kappa shape index (κ2) is 6.07. The second-order valence-corrected chi connectivity index (χ2v) is 5.70. The maximum atomic E-state index is 11.8. The first-order valence-corrected chi connectivity index (χ1v) is 7.24. The predicted molar refractivity (Wildman–Crippen MR) is 67.1 cm³/mol. The van der Waals surface area contributed by atoms with Crippen molar-refractivity contribution in [1.29, 1.82) is 0 Å². The Morgan fingerprint density at radius 3 is 2.76 bits per heavy atom. The van der Waals surface area contributed by atoms with Crippen LogP contribution in [0.4, 0.5) is 0 Å². The highest BCUT2D eigenvalue weighted by Crippen LogP contribution is 2.14. The summed E-state index contributed by atoms with van der Waals surface area (Å²) < 4.78 is 17.0. The number of hydrogen-bond acceptors (Lipinski definition) is 3. The highest BCUT2D eigenvalue weighted by Gasteiger charge is 2.24. The van der Waals surface area contributed by atoms with Crippen LogP contribution in [0.3, 0.4) is 0 Å². The molecule has 92 valence electrons. The van der Waals surface area contributed by atoms with Gasteiger partial charge in [-0.25, -0.2) is 0 Å². The van der Waals surface area contributed by atoms with E-state index in [0.717, 1.165) is 12.0 Å². The fourth-order valence-electron chi connectivity index (χ4n) is 1.88. The molecular weight excluding hydrogens is 236 g/mol. The summed E-state index contributed by atoms with van der Waals surface area (Å²) in [6.07, 6.45) is 0.779. The lowest BCUT2D eigenvalue weighted by atomic mass is 10.1. The molecule has 1 aromatic carbocycles. The van der Waals surface area contributed by atoms with E-state index in [2.05, 4.69) is 0 Å². The Bertz CT molecular complexity index is 396. The molecule has 17 heavy (non-hydrogen) atoms. The quantitative estimate of drug-likeness (QED) is 0.798. The van der Waals surface area contributed by atoms with Gasteiger partial charge >= 0.3 is 0 Å². The lowest BCUT2D eigenvalue weighted by Gasteiger charge is -2.06. The van der Waals surface area contributed by atoms with Crippen LogP contribution in [0.5, 0.6) is 0 Å². The Kier molecular flexibility index (Phi) is 4.45. The number of carbonyl (C=O) groups is 1. The van der Waals surface area contributed by atoms with Crippen LogP contribution in [0.1, 0.15) is 12.0 Å². The van der Waals surface area contributed by atoms with Crippen molar-refractivity contribution in [3.05, 3.63) is 35.9 Å². The van der Waals surface area contributed by atoms with Crippen LogP contribution in [0.15, 0.2) is 30.3 Å². The van der Waals surface area contributed by atoms with E-state index in [-0.39, 0.29) is 17.5 Å². The van der Waals surface area contributed by atoms with E-state index >= 15 is 0 Å². The number of rotatable bonds is 5. The lowest BCUT2D eigenvalue weighted by molar-refractivity contribution is -0.120. The largest absolute Gasteiger partial charge is 0.381 e. The number of hydrogen-bond donors (Lipinski definition) is 0. The Labute approximate surface area is 104 Å². The van der Waals surface area contributed by atoms with Crippen molar-refractivity contribution in [3.8, 4) is 0 Å². The summed E-state index contributed by atoms with van der Waals surface area (Å²) in [4.78, 5) is 11.8. The van der Waals surface area contributed by atoms with Crippen molar-refractivity contribution in [3.63, 3.8) is 0 Å². The molecule has 1 heterocycles. The van der Waals surface area contributed by atoms with E-state index < -0.39 is 10.8 Å². The van der Waals surface area contributed by atoms with Gasteiger partial charge in [-0.1, -0.05) is 30.3 Å². The predicted octanol–water partition coefficient (Wildman–Crippen LogP) is 1.54. The van der Waals surface area contributed by atoms with Crippen LogP contribution in [-0.2, 0) is 26.1 Å². The van der Waals surface area contributed by atoms with Gasteiger partial charge in [-0.05, 0) is 12.0 Å². The van der Waals surface area contributed by atoms with E-state index in [1.165, 1.54) is 0 Å². The van der Waals surface area contributed by atoms with Crippen LogP contribution in [0.25, 0.3) is 0 Å². The first kappa shape index (κ1) is 12.5. The van der Waals surface area contributed by atoms with Crippen molar-refractivity contribution >= 4 is 16.6 Å². The third-order valence-electron chi connectivity index (χ3n) is 2.86. The molecule has 0 aromatic heterocycles. The molecule has 0 radical (unpaired) electrons. The topological polar surface area (TPSA) is 43.4 Å². The first-order valence-electron chi connectivity index (χ1n) is 5.75. The van der Waals surface area contributed by atoms with Crippen LogP contribution in [0, 0.1) is 5.92 Å². The van der Waals surface area contributed by atoms with E-state index in [1.807, 2.05) is 30.3 Å². The fourth-order valence-corrected chi connectivity index (χ4v) is 3.10. The van der Waals surface area contributed by atoms with Gasteiger partial charge in [0.25, 0.3) is 0 Å². The zero-order valence-electron chi connectivity index (χ0n) is 9.63. The summed E-state index contributed by atoms with van der Waals surface area (Å²) in [5, 5.41) is 0. The van der Waals surface area contributed by atoms with E-state index in [9.17, 15) is 9.00 Å². The first-order chi connectivity index (χ1) is 8.25. The SMILES string of the molecule is O=C(CS(=O)Cc1ccccc1)C1CCOC1. The Balaban J connectivity index is 1.83. The highest BCUT2D eigenvalue weighted by molar-refractivity contribution is 7.84. The van der Waals surface area contributed by atoms with Gasteiger partial charge in [0.1, 0.15) is 0 Å². The highest BCUT2D eigenvalue weighted by atomic mass is 32.2. The third kappa shape index (κ3) is 3.75. The molecule has 0 N–H and O–H groups in total. The molecule has 4 heteroatoms. The van der Waals surface area contributed by atoms with Gasteiger partial charge in [0.2, 0.25) is 0 Å². The number of carbonyl (C=O) groups excluding carboxylic acids is 1. The molecule has 0 aliphatic carbocycles. The van der Waals surface area contributed by atoms with Gasteiger partial charge in [-0.3, -0.25) is 9.00 Å². The van der Waals surface area contributed by atoms with Gasteiger partial charge in [0.05, 0.1) is 12.4 Å². The normalized spacial score (nSPS) is 21.3. The maximum absolute atomic E-state index is 11.8. The summed E-state index contributed by atoms with van der Waals surface area (Å²) in [5.74, 6) is 0.662. The molecule has 3 nitrogen and oxygen atoms in total. The minimum absolute atomic E-state index is 0.0327. The smallest absolute Gasteiger partial charge is 0.150 e. The molecule has 0 saturated carbocycles. The molecule has 2 rings (SSSR count). The number of ketones is 1. The van der Waals surface area contributed by atoms with Crippen molar-refractivity contribution in [2.24, 2.45) is 5.92 Å². The molecule has 1 aromatic rings. The van der Waals surface area contributed by atoms with Crippen LogP contribution in [-0.4, -0.2) is 29.0 Å². The zero-order valence-corrected chi connectivity index (χ0v) is 10.4. The van der Waals surface area contributed by atoms with Crippen LogP contribution in [0.2, 0.25) is 0 Å². The van der Waals surface area contributed by atoms with Gasteiger partial charge in [-0.2, -0.15) is 0 Å². The average Bonchev–Trinajstić information content (AvgIpc) is 2.83. The van der Waals surface area contributed by atoms with Crippen molar-refractivity contribution in [2.75, 3.05) is 19.0 Å². The molecule has 1 aliphatic rings. The molecule has 2 unspecified atom stereocenters. The summed E-state index contributed by atoms with van der Waals surface area (Å²) in [6.45, 7) is 1.16. The molecular formula is C13H16O3S.